The lowest BCUT2D eigenvalue weighted by Gasteiger charge is -2.11. The van der Waals surface area contributed by atoms with Crippen LogP contribution < -0.4 is 10.1 Å². The maximum absolute atomic E-state index is 13.2. The maximum atomic E-state index is 13.2. The highest BCUT2D eigenvalue weighted by molar-refractivity contribution is 5.66. The Morgan fingerprint density at radius 3 is 2.41 bits per heavy atom. The molecule has 2 fully saturated rings. The van der Waals surface area contributed by atoms with Crippen LogP contribution in [-0.4, -0.2) is 41.6 Å². The number of alkyl halides is 3. The molecule has 1 N–H and O–H groups in total. The van der Waals surface area contributed by atoms with E-state index in [1.807, 2.05) is 12.1 Å². The lowest BCUT2D eigenvalue weighted by atomic mass is 10.1. The van der Waals surface area contributed by atoms with Crippen molar-refractivity contribution >= 4 is 5.95 Å². The molecule has 0 bridgehead atoms. The van der Waals surface area contributed by atoms with Crippen LogP contribution in [0.3, 0.4) is 0 Å². The third-order valence-corrected chi connectivity index (χ3v) is 6.42. The number of rotatable bonds is 8. The molecule has 1 aromatic carbocycles. The van der Waals surface area contributed by atoms with Crippen LogP contribution in [0.4, 0.5) is 19.1 Å². The number of hydrogen-bond acceptors (Lipinski definition) is 8. The standard InChI is InChI=1S/C25H23F3N8O/c1-37-23-19(20(15-6-7-15)30-12-32-23)21-31-13-33-24(35-21)29-10-14-2-4-16(5-3-14)22-34-18(25(26,27)28)11-36(22)17-8-9-17/h2-5,11-13,15,17H,6-10H2,1H3,(H,29,31,33,35). The Balaban J connectivity index is 1.20. The van der Waals surface area contributed by atoms with Crippen LogP contribution in [0, 0.1) is 0 Å². The zero-order valence-electron chi connectivity index (χ0n) is 19.9. The first-order chi connectivity index (χ1) is 17.9. The van der Waals surface area contributed by atoms with Gasteiger partial charge in [-0.1, -0.05) is 24.3 Å². The van der Waals surface area contributed by atoms with E-state index < -0.39 is 11.9 Å². The topological polar surface area (TPSA) is 104 Å². The van der Waals surface area contributed by atoms with E-state index in [1.165, 1.54) is 12.7 Å². The molecule has 190 valence electrons. The summed E-state index contributed by atoms with van der Waals surface area (Å²) in [5.41, 5.74) is 2.23. The Kier molecular flexibility index (Phi) is 5.73. The summed E-state index contributed by atoms with van der Waals surface area (Å²) in [6, 6.07) is 7.34. The van der Waals surface area contributed by atoms with Gasteiger partial charge in [-0.25, -0.2) is 24.9 Å². The Morgan fingerprint density at radius 2 is 1.73 bits per heavy atom. The number of imidazole rings is 1. The second-order valence-electron chi connectivity index (χ2n) is 9.19. The van der Waals surface area contributed by atoms with E-state index in [9.17, 15) is 13.2 Å². The summed E-state index contributed by atoms with van der Waals surface area (Å²) in [4.78, 5) is 25.6. The molecular weight excluding hydrogens is 485 g/mol. The average Bonchev–Trinajstić information content (AvgIpc) is 3.85. The number of methoxy groups -OCH3 is 1. The maximum Gasteiger partial charge on any atom is 0.434 e. The largest absolute Gasteiger partial charge is 0.480 e. The number of nitrogens with one attached hydrogen (secondary N) is 1. The molecule has 0 spiro atoms. The van der Waals surface area contributed by atoms with E-state index >= 15 is 0 Å². The summed E-state index contributed by atoms with van der Waals surface area (Å²) in [5.74, 6) is 1.91. The third kappa shape index (κ3) is 4.83. The Bertz CT molecular complexity index is 1430. The summed E-state index contributed by atoms with van der Waals surface area (Å²) >= 11 is 0. The molecule has 0 unspecified atom stereocenters. The van der Waals surface area contributed by atoms with Crippen LogP contribution in [0.15, 0.2) is 43.1 Å². The van der Waals surface area contributed by atoms with Crippen LogP contribution in [-0.2, 0) is 12.7 Å². The van der Waals surface area contributed by atoms with E-state index in [1.54, 1.807) is 23.8 Å². The predicted molar refractivity (Wildman–Crippen MR) is 128 cm³/mol. The Labute approximate surface area is 210 Å². The van der Waals surface area contributed by atoms with Crippen molar-refractivity contribution in [2.24, 2.45) is 0 Å². The highest BCUT2D eigenvalue weighted by Gasteiger charge is 2.37. The molecule has 6 rings (SSSR count). The normalized spacial score (nSPS) is 15.6. The minimum Gasteiger partial charge on any atom is -0.480 e. The van der Waals surface area contributed by atoms with Crippen molar-refractivity contribution < 1.29 is 17.9 Å². The first-order valence-electron chi connectivity index (χ1n) is 12.0. The van der Waals surface area contributed by atoms with Gasteiger partial charge in [0.2, 0.25) is 11.8 Å². The molecule has 0 atom stereocenters. The van der Waals surface area contributed by atoms with Gasteiger partial charge in [-0.05, 0) is 31.2 Å². The summed E-state index contributed by atoms with van der Waals surface area (Å²) in [6.07, 6.45) is 3.38. The molecule has 9 nitrogen and oxygen atoms in total. The van der Waals surface area contributed by atoms with Crippen LogP contribution in [0.25, 0.3) is 22.8 Å². The molecule has 2 aliphatic carbocycles. The van der Waals surface area contributed by atoms with Gasteiger partial charge in [-0.2, -0.15) is 18.2 Å². The summed E-state index contributed by atoms with van der Waals surface area (Å²) in [7, 11) is 1.55. The van der Waals surface area contributed by atoms with Crippen molar-refractivity contribution in [3.8, 4) is 28.7 Å². The lowest BCUT2D eigenvalue weighted by molar-refractivity contribution is -0.140. The van der Waals surface area contributed by atoms with Gasteiger partial charge in [-0.3, -0.25) is 0 Å². The highest BCUT2D eigenvalue weighted by Crippen LogP contribution is 2.45. The molecule has 3 heterocycles. The monoisotopic (exact) mass is 508 g/mol. The quantitative estimate of drug-likeness (QED) is 0.353. The molecule has 0 saturated heterocycles. The van der Waals surface area contributed by atoms with Gasteiger partial charge in [0.15, 0.2) is 11.5 Å². The molecule has 0 aliphatic heterocycles. The number of nitrogens with zero attached hydrogens (tertiary/aromatic N) is 7. The van der Waals surface area contributed by atoms with Crippen LogP contribution in [0.1, 0.15) is 54.6 Å². The molecule has 0 radical (unpaired) electrons. The molecular formula is C25H23F3N8O. The fourth-order valence-electron chi connectivity index (χ4n) is 4.24. The zero-order chi connectivity index (χ0) is 25.6. The van der Waals surface area contributed by atoms with Gasteiger partial charge < -0.3 is 14.6 Å². The third-order valence-electron chi connectivity index (χ3n) is 6.42. The zero-order valence-corrected chi connectivity index (χ0v) is 19.9. The van der Waals surface area contributed by atoms with Gasteiger partial charge in [0.1, 0.15) is 24.0 Å². The van der Waals surface area contributed by atoms with Crippen molar-refractivity contribution in [3.63, 3.8) is 0 Å². The van der Waals surface area contributed by atoms with E-state index in [-0.39, 0.29) is 6.04 Å². The number of ether oxygens (including phenoxy) is 1. The van der Waals surface area contributed by atoms with E-state index in [0.717, 1.165) is 43.1 Å². The fourth-order valence-corrected chi connectivity index (χ4v) is 4.24. The number of benzene rings is 1. The van der Waals surface area contributed by atoms with Crippen molar-refractivity contribution in [1.29, 1.82) is 0 Å². The van der Waals surface area contributed by atoms with Crippen LogP contribution in [0.5, 0.6) is 5.88 Å². The number of aromatic nitrogens is 7. The molecule has 2 aliphatic rings. The molecule has 4 aromatic rings. The average molecular weight is 509 g/mol. The Morgan fingerprint density at radius 1 is 0.973 bits per heavy atom. The first kappa shape index (κ1) is 23.3. The predicted octanol–water partition coefficient (Wildman–Crippen LogP) is 5.04. The Hall–Kier alpha value is -4.09. The molecule has 3 aromatic heterocycles. The minimum atomic E-state index is -4.47. The number of anilines is 1. The van der Waals surface area contributed by atoms with Crippen LogP contribution in [0.2, 0.25) is 0 Å². The van der Waals surface area contributed by atoms with Gasteiger partial charge in [0, 0.05) is 30.3 Å². The lowest BCUT2D eigenvalue weighted by Crippen LogP contribution is -2.07. The summed E-state index contributed by atoms with van der Waals surface area (Å²) in [6.45, 7) is 0.409. The molecule has 2 saturated carbocycles. The second-order valence-corrected chi connectivity index (χ2v) is 9.19. The van der Waals surface area contributed by atoms with Crippen molar-refractivity contribution in [2.75, 3.05) is 12.4 Å². The van der Waals surface area contributed by atoms with Crippen LogP contribution >= 0.6 is 0 Å². The van der Waals surface area contributed by atoms with E-state index in [2.05, 4.69) is 35.2 Å². The smallest absolute Gasteiger partial charge is 0.434 e. The fraction of sp³-hybridized carbons (Fsp3) is 0.360. The van der Waals surface area contributed by atoms with Crippen molar-refractivity contribution in [1.82, 2.24) is 34.5 Å². The molecule has 12 heteroatoms. The minimum absolute atomic E-state index is 0.0760. The van der Waals surface area contributed by atoms with E-state index in [4.69, 9.17) is 4.74 Å². The number of hydrogen-bond donors (Lipinski definition) is 1. The van der Waals surface area contributed by atoms with Gasteiger partial charge >= 0.3 is 6.18 Å². The SMILES string of the molecule is COc1ncnc(C2CC2)c1-c1ncnc(NCc2ccc(-c3nc(C(F)(F)F)cn3C3CC3)cc2)n1. The second kappa shape index (κ2) is 9.09. The van der Waals surface area contributed by atoms with E-state index in [0.29, 0.717) is 47.1 Å². The summed E-state index contributed by atoms with van der Waals surface area (Å²) in [5, 5.41) is 3.18. The van der Waals surface area contributed by atoms with Gasteiger partial charge in [0.25, 0.3) is 0 Å². The van der Waals surface area contributed by atoms with Gasteiger partial charge in [0.05, 0.1) is 12.8 Å². The summed E-state index contributed by atoms with van der Waals surface area (Å²) < 4.78 is 46.8. The molecule has 37 heavy (non-hydrogen) atoms. The van der Waals surface area contributed by atoms with Gasteiger partial charge in [-0.15, -0.1) is 0 Å². The van der Waals surface area contributed by atoms with Crippen molar-refractivity contribution in [2.45, 2.75) is 50.4 Å². The first-order valence-corrected chi connectivity index (χ1v) is 12.0. The number of halogens is 3. The highest BCUT2D eigenvalue weighted by atomic mass is 19.4. The molecule has 0 amide bonds. The van der Waals surface area contributed by atoms with Crippen molar-refractivity contribution in [3.05, 3.63) is 60.1 Å².